The molecule has 0 spiro atoms. The number of ether oxygens (including phenoxy) is 2. The second-order valence-electron chi connectivity index (χ2n) is 4.49. The highest BCUT2D eigenvalue weighted by molar-refractivity contribution is 5.84. The molecule has 0 atom stereocenters. The van der Waals surface area contributed by atoms with E-state index in [9.17, 15) is 9.90 Å². The van der Waals surface area contributed by atoms with Gasteiger partial charge in [0.25, 0.3) is 0 Å². The van der Waals surface area contributed by atoms with Crippen molar-refractivity contribution in [2.24, 2.45) is 0 Å². The predicted octanol–water partition coefficient (Wildman–Crippen LogP) is 3.17. The second kappa shape index (κ2) is 7.31. The van der Waals surface area contributed by atoms with Gasteiger partial charge in [-0.05, 0) is 30.7 Å². The van der Waals surface area contributed by atoms with E-state index in [1.54, 1.807) is 18.2 Å². The highest BCUT2D eigenvalue weighted by Gasteiger charge is 2.17. The fourth-order valence-electron chi connectivity index (χ4n) is 2.00. The van der Waals surface area contributed by atoms with Gasteiger partial charge in [0.15, 0.2) is 0 Å². The third kappa shape index (κ3) is 3.88. The van der Waals surface area contributed by atoms with Gasteiger partial charge in [-0.3, -0.25) is 4.90 Å². The molecule has 1 heterocycles. The van der Waals surface area contributed by atoms with Gasteiger partial charge in [-0.2, -0.15) is 4.98 Å². The third-order valence-corrected chi connectivity index (χ3v) is 2.98. The molecule has 0 aliphatic heterocycles. The Hall–Kier alpha value is -2.76. The SMILES string of the molecule is CCOc1cccc(CN(C(=O)O)c2cccc(OC)n2)c1. The number of benzene rings is 1. The van der Waals surface area contributed by atoms with Crippen molar-refractivity contribution < 1.29 is 19.4 Å². The van der Waals surface area contributed by atoms with E-state index in [2.05, 4.69) is 4.98 Å². The number of carboxylic acid groups (broad SMARTS) is 1. The number of hydrogen-bond acceptors (Lipinski definition) is 4. The Labute approximate surface area is 128 Å². The van der Waals surface area contributed by atoms with Crippen molar-refractivity contribution in [3.8, 4) is 11.6 Å². The lowest BCUT2D eigenvalue weighted by Gasteiger charge is -2.19. The quantitative estimate of drug-likeness (QED) is 0.887. The lowest BCUT2D eigenvalue weighted by molar-refractivity contribution is 0.201. The Morgan fingerprint density at radius 1 is 1.27 bits per heavy atom. The first kappa shape index (κ1) is 15.6. The molecule has 1 aromatic heterocycles. The van der Waals surface area contributed by atoms with Crippen LogP contribution in [-0.4, -0.2) is 29.9 Å². The first-order valence-corrected chi connectivity index (χ1v) is 6.87. The van der Waals surface area contributed by atoms with Gasteiger partial charge in [-0.1, -0.05) is 18.2 Å². The Bertz CT molecular complexity index is 646. The van der Waals surface area contributed by atoms with Crippen LogP contribution in [0.3, 0.4) is 0 Å². The Morgan fingerprint density at radius 3 is 2.73 bits per heavy atom. The Kier molecular flexibility index (Phi) is 5.19. The topological polar surface area (TPSA) is 71.9 Å². The van der Waals surface area contributed by atoms with Crippen LogP contribution in [0.4, 0.5) is 10.6 Å². The molecule has 2 rings (SSSR count). The zero-order valence-electron chi connectivity index (χ0n) is 12.5. The summed E-state index contributed by atoms with van der Waals surface area (Å²) in [7, 11) is 1.49. The summed E-state index contributed by atoms with van der Waals surface area (Å²) in [5.74, 6) is 1.39. The largest absolute Gasteiger partial charge is 0.494 e. The summed E-state index contributed by atoms with van der Waals surface area (Å²) in [5.41, 5.74) is 0.818. The van der Waals surface area contributed by atoms with Crippen LogP contribution < -0.4 is 14.4 Å². The molecule has 2 aromatic rings. The number of pyridine rings is 1. The van der Waals surface area contributed by atoms with Crippen molar-refractivity contribution in [2.75, 3.05) is 18.6 Å². The molecular formula is C16H18N2O4. The van der Waals surface area contributed by atoms with Gasteiger partial charge >= 0.3 is 6.09 Å². The fraction of sp³-hybridized carbons (Fsp3) is 0.250. The molecule has 1 aromatic carbocycles. The van der Waals surface area contributed by atoms with E-state index in [0.717, 1.165) is 10.5 Å². The van der Waals surface area contributed by atoms with E-state index in [4.69, 9.17) is 9.47 Å². The van der Waals surface area contributed by atoms with E-state index in [-0.39, 0.29) is 6.54 Å². The molecule has 0 aliphatic carbocycles. The first-order chi connectivity index (χ1) is 10.6. The molecule has 0 radical (unpaired) electrons. The number of amides is 1. The molecule has 6 heteroatoms. The zero-order valence-corrected chi connectivity index (χ0v) is 12.5. The molecule has 116 valence electrons. The van der Waals surface area contributed by atoms with Crippen LogP contribution in [0.25, 0.3) is 0 Å². The maximum atomic E-state index is 11.5. The van der Waals surface area contributed by atoms with Crippen molar-refractivity contribution in [3.05, 3.63) is 48.0 Å². The van der Waals surface area contributed by atoms with Crippen LogP contribution in [0.15, 0.2) is 42.5 Å². The number of nitrogens with zero attached hydrogens (tertiary/aromatic N) is 2. The number of carbonyl (C=O) groups is 1. The third-order valence-electron chi connectivity index (χ3n) is 2.98. The Morgan fingerprint density at radius 2 is 2.05 bits per heavy atom. The summed E-state index contributed by atoms with van der Waals surface area (Å²) >= 11 is 0. The van der Waals surface area contributed by atoms with Gasteiger partial charge in [-0.25, -0.2) is 4.79 Å². The van der Waals surface area contributed by atoms with Gasteiger partial charge < -0.3 is 14.6 Å². The lowest BCUT2D eigenvalue weighted by Crippen LogP contribution is -2.29. The smallest absolute Gasteiger partial charge is 0.413 e. The molecule has 6 nitrogen and oxygen atoms in total. The average molecular weight is 302 g/mol. The maximum Gasteiger partial charge on any atom is 0.413 e. The van der Waals surface area contributed by atoms with Crippen LogP contribution in [0.1, 0.15) is 12.5 Å². The molecule has 0 bridgehead atoms. The highest BCUT2D eigenvalue weighted by Crippen LogP contribution is 2.20. The molecule has 22 heavy (non-hydrogen) atoms. The van der Waals surface area contributed by atoms with E-state index in [1.807, 2.05) is 31.2 Å². The van der Waals surface area contributed by atoms with Gasteiger partial charge in [0.05, 0.1) is 20.3 Å². The monoisotopic (exact) mass is 302 g/mol. The average Bonchev–Trinajstić information content (AvgIpc) is 2.53. The normalized spacial score (nSPS) is 10.1. The fourth-order valence-corrected chi connectivity index (χ4v) is 2.00. The van der Waals surface area contributed by atoms with Crippen LogP contribution in [-0.2, 0) is 6.54 Å². The number of anilines is 1. The number of hydrogen-bond donors (Lipinski definition) is 1. The van der Waals surface area contributed by atoms with Crippen molar-refractivity contribution in [1.29, 1.82) is 0 Å². The van der Waals surface area contributed by atoms with E-state index in [0.29, 0.717) is 24.1 Å². The minimum absolute atomic E-state index is 0.177. The molecule has 0 saturated heterocycles. The lowest BCUT2D eigenvalue weighted by atomic mass is 10.2. The van der Waals surface area contributed by atoms with Crippen molar-refractivity contribution >= 4 is 11.9 Å². The second-order valence-corrected chi connectivity index (χ2v) is 4.49. The standard InChI is InChI=1S/C16H18N2O4/c1-3-22-13-7-4-6-12(10-13)11-18(16(19)20)14-8-5-9-15(17-14)21-2/h4-10H,3,11H2,1-2H3,(H,19,20). The highest BCUT2D eigenvalue weighted by atomic mass is 16.5. The van der Waals surface area contributed by atoms with Gasteiger partial charge in [0.1, 0.15) is 11.6 Å². The zero-order chi connectivity index (χ0) is 15.9. The van der Waals surface area contributed by atoms with E-state index in [1.165, 1.54) is 7.11 Å². The van der Waals surface area contributed by atoms with Gasteiger partial charge in [0.2, 0.25) is 5.88 Å². The molecule has 0 saturated carbocycles. The summed E-state index contributed by atoms with van der Waals surface area (Å²) in [5, 5.41) is 9.44. The molecule has 0 aliphatic rings. The van der Waals surface area contributed by atoms with Crippen LogP contribution in [0.5, 0.6) is 11.6 Å². The van der Waals surface area contributed by atoms with Crippen LogP contribution in [0, 0.1) is 0 Å². The van der Waals surface area contributed by atoms with E-state index >= 15 is 0 Å². The minimum atomic E-state index is -1.08. The van der Waals surface area contributed by atoms with E-state index < -0.39 is 6.09 Å². The summed E-state index contributed by atoms with van der Waals surface area (Å²) in [6.45, 7) is 2.64. The molecule has 0 unspecified atom stereocenters. The van der Waals surface area contributed by atoms with Crippen molar-refractivity contribution in [3.63, 3.8) is 0 Å². The number of aromatic nitrogens is 1. The number of methoxy groups -OCH3 is 1. The summed E-state index contributed by atoms with van der Waals surface area (Å²) in [6.07, 6.45) is -1.08. The summed E-state index contributed by atoms with van der Waals surface area (Å²) in [4.78, 5) is 16.8. The van der Waals surface area contributed by atoms with Crippen molar-refractivity contribution in [2.45, 2.75) is 13.5 Å². The predicted molar refractivity (Wildman–Crippen MR) is 82.6 cm³/mol. The van der Waals surface area contributed by atoms with Crippen LogP contribution in [0.2, 0.25) is 0 Å². The molecule has 1 N–H and O–H groups in total. The van der Waals surface area contributed by atoms with Crippen LogP contribution >= 0.6 is 0 Å². The van der Waals surface area contributed by atoms with Gasteiger partial charge in [0, 0.05) is 6.07 Å². The minimum Gasteiger partial charge on any atom is -0.494 e. The molecule has 0 fully saturated rings. The molecular weight excluding hydrogens is 284 g/mol. The summed E-state index contributed by atoms with van der Waals surface area (Å²) in [6, 6.07) is 12.3. The Balaban J connectivity index is 2.25. The maximum absolute atomic E-state index is 11.5. The summed E-state index contributed by atoms with van der Waals surface area (Å²) < 4.78 is 10.5. The molecule has 1 amide bonds. The van der Waals surface area contributed by atoms with Crippen molar-refractivity contribution in [1.82, 2.24) is 4.98 Å². The van der Waals surface area contributed by atoms with Gasteiger partial charge in [-0.15, -0.1) is 0 Å². The first-order valence-electron chi connectivity index (χ1n) is 6.87. The number of rotatable bonds is 6.